The Balaban J connectivity index is 1.78. The lowest BCUT2D eigenvalue weighted by Crippen LogP contribution is -2.44. The Labute approximate surface area is 165 Å². The molecule has 3 rings (SSSR count). The van der Waals surface area contributed by atoms with Gasteiger partial charge in [-0.3, -0.25) is 9.59 Å². The number of hydrogen-bond donors (Lipinski definition) is 1. The van der Waals surface area contributed by atoms with Gasteiger partial charge in [0.25, 0.3) is 11.8 Å². The molecular formula is C20H19BrN2O4. The van der Waals surface area contributed by atoms with E-state index in [0.717, 1.165) is 5.56 Å². The van der Waals surface area contributed by atoms with Gasteiger partial charge in [-0.1, -0.05) is 42.5 Å². The SMILES string of the molecule is O=C(N/C(=C\C=C/c1ccccc1)C(=O)N1CCOCC1)c1ccc(Br)o1. The average Bonchev–Trinajstić information content (AvgIpc) is 3.14. The monoisotopic (exact) mass is 430 g/mol. The topological polar surface area (TPSA) is 71.8 Å². The smallest absolute Gasteiger partial charge is 0.291 e. The molecule has 0 radical (unpaired) electrons. The molecule has 1 N–H and O–H groups in total. The Morgan fingerprint density at radius 2 is 1.81 bits per heavy atom. The van der Waals surface area contributed by atoms with Crippen molar-refractivity contribution < 1.29 is 18.7 Å². The van der Waals surface area contributed by atoms with Crippen LogP contribution in [0.15, 0.2) is 69.4 Å². The third-order valence-corrected chi connectivity index (χ3v) is 4.35. The van der Waals surface area contributed by atoms with Gasteiger partial charge in [-0.2, -0.15) is 0 Å². The van der Waals surface area contributed by atoms with Gasteiger partial charge >= 0.3 is 0 Å². The summed E-state index contributed by atoms with van der Waals surface area (Å²) in [7, 11) is 0. The minimum absolute atomic E-state index is 0.120. The number of carbonyl (C=O) groups excluding carboxylic acids is 2. The molecule has 0 saturated carbocycles. The third-order valence-electron chi connectivity index (χ3n) is 3.93. The molecule has 1 saturated heterocycles. The summed E-state index contributed by atoms with van der Waals surface area (Å²) < 4.78 is 11.0. The molecule has 0 spiro atoms. The van der Waals surface area contributed by atoms with Crippen LogP contribution in [-0.2, 0) is 9.53 Å². The highest BCUT2D eigenvalue weighted by Crippen LogP contribution is 2.14. The molecular weight excluding hydrogens is 412 g/mol. The summed E-state index contributed by atoms with van der Waals surface area (Å²) in [5, 5.41) is 2.65. The number of nitrogens with one attached hydrogen (secondary N) is 1. The van der Waals surface area contributed by atoms with Gasteiger partial charge in [-0.25, -0.2) is 0 Å². The van der Waals surface area contributed by atoms with E-state index in [1.807, 2.05) is 36.4 Å². The Morgan fingerprint density at radius 3 is 2.48 bits per heavy atom. The number of amides is 2. The summed E-state index contributed by atoms with van der Waals surface area (Å²) in [4.78, 5) is 26.9. The van der Waals surface area contributed by atoms with Crippen LogP contribution in [-0.4, -0.2) is 43.0 Å². The molecule has 1 aromatic carbocycles. The van der Waals surface area contributed by atoms with E-state index in [-0.39, 0.29) is 17.4 Å². The number of hydrogen-bond acceptors (Lipinski definition) is 4. The molecule has 2 amide bonds. The first-order valence-electron chi connectivity index (χ1n) is 8.50. The van der Waals surface area contributed by atoms with E-state index in [9.17, 15) is 9.59 Å². The number of rotatable bonds is 5. The molecule has 2 aromatic rings. The van der Waals surface area contributed by atoms with E-state index in [0.29, 0.717) is 31.0 Å². The minimum Gasteiger partial charge on any atom is -0.444 e. The standard InChI is InChI=1S/C20H19BrN2O4/c21-18-10-9-17(27-18)19(24)22-16(20(25)23-11-13-26-14-12-23)8-4-7-15-5-2-1-3-6-15/h1-10H,11-14H2,(H,22,24)/b7-4-,16-8-. The first kappa shape index (κ1) is 19.1. The molecule has 0 atom stereocenters. The third kappa shape index (κ3) is 5.42. The van der Waals surface area contributed by atoms with Crippen molar-refractivity contribution in [2.24, 2.45) is 0 Å². The van der Waals surface area contributed by atoms with E-state index in [2.05, 4.69) is 21.2 Å². The Hall–Kier alpha value is -2.64. The maximum absolute atomic E-state index is 12.8. The van der Waals surface area contributed by atoms with Crippen molar-refractivity contribution in [3.63, 3.8) is 0 Å². The van der Waals surface area contributed by atoms with Gasteiger partial charge in [-0.05, 0) is 39.7 Å². The van der Waals surface area contributed by atoms with Crippen LogP contribution in [0.25, 0.3) is 6.08 Å². The molecule has 6 nitrogen and oxygen atoms in total. The van der Waals surface area contributed by atoms with Crippen molar-refractivity contribution in [3.8, 4) is 0 Å². The van der Waals surface area contributed by atoms with E-state index in [4.69, 9.17) is 9.15 Å². The molecule has 0 unspecified atom stereocenters. The summed E-state index contributed by atoms with van der Waals surface area (Å²) in [6.45, 7) is 1.94. The first-order chi connectivity index (χ1) is 13.1. The van der Waals surface area contributed by atoms with Crippen LogP contribution < -0.4 is 5.32 Å². The van der Waals surface area contributed by atoms with Gasteiger partial charge in [0.2, 0.25) is 0 Å². The molecule has 0 bridgehead atoms. The second-order valence-electron chi connectivity index (χ2n) is 5.81. The van der Waals surface area contributed by atoms with Crippen molar-refractivity contribution in [1.29, 1.82) is 0 Å². The molecule has 1 aliphatic rings. The van der Waals surface area contributed by atoms with Gasteiger partial charge < -0.3 is 19.4 Å². The quantitative estimate of drug-likeness (QED) is 0.583. The Morgan fingerprint density at radius 1 is 1.07 bits per heavy atom. The van der Waals surface area contributed by atoms with Gasteiger partial charge in [0, 0.05) is 13.1 Å². The maximum Gasteiger partial charge on any atom is 0.291 e. The zero-order valence-electron chi connectivity index (χ0n) is 14.6. The minimum atomic E-state index is -0.485. The lowest BCUT2D eigenvalue weighted by atomic mass is 10.2. The van der Waals surface area contributed by atoms with E-state index < -0.39 is 5.91 Å². The first-order valence-corrected chi connectivity index (χ1v) is 9.30. The van der Waals surface area contributed by atoms with Gasteiger partial charge in [-0.15, -0.1) is 0 Å². The molecule has 2 heterocycles. The van der Waals surface area contributed by atoms with Crippen LogP contribution in [0.2, 0.25) is 0 Å². The summed E-state index contributed by atoms with van der Waals surface area (Å²) >= 11 is 3.16. The summed E-state index contributed by atoms with van der Waals surface area (Å²) in [5.74, 6) is -0.619. The van der Waals surface area contributed by atoms with E-state index in [1.165, 1.54) is 6.07 Å². The number of nitrogens with zero attached hydrogens (tertiary/aromatic N) is 1. The molecule has 7 heteroatoms. The van der Waals surface area contributed by atoms with Crippen LogP contribution in [0.1, 0.15) is 16.1 Å². The number of ether oxygens (including phenoxy) is 1. The van der Waals surface area contributed by atoms with Gasteiger partial charge in [0.1, 0.15) is 5.70 Å². The number of allylic oxidation sites excluding steroid dienone is 2. The normalized spacial score (nSPS) is 15.1. The number of furan rings is 1. The fourth-order valence-corrected chi connectivity index (χ4v) is 2.85. The maximum atomic E-state index is 12.8. The number of carbonyl (C=O) groups is 2. The fourth-order valence-electron chi connectivity index (χ4n) is 2.54. The lowest BCUT2D eigenvalue weighted by Gasteiger charge is -2.27. The zero-order valence-corrected chi connectivity index (χ0v) is 16.1. The van der Waals surface area contributed by atoms with E-state index >= 15 is 0 Å². The molecule has 0 aliphatic carbocycles. The van der Waals surface area contributed by atoms with Crippen molar-refractivity contribution in [1.82, 2.24) is 10.2 Å². The number of halogens is 1. The largest absolute Gasteiger partial charge is 0.444 e. The molecule has 1 fully saturated rings. The summed E-state index contributed by atoms with van der Waals surface area (Å²) in [6, 6.07) is 12.9. The second-order valence-corrected chi connectivity index (χ2v) is 6.59. The fraction of sp³-hybridized carbons (Fsp3) is 0.200. The highest BCUT2D eigenvalue weighted by Gasteiger charge is 2.23. The summed E-state index contributed by atoms with van der Waals surface area (Å²) in [5.41, 5.74) is 1.18. The number of benzene rings is 1. The van der Waals surface area contributed by atoms with Crippen LogP contribution >= 0.6 is 15.9 Å². The van der Waals surface area contributed by atoms with Crippen molar-refractivity contribution in [2.45, 2.75) is 0 Å². The number of morpholine rings is 1. The lowest BCUT2D eigenvalue weighted by molar-refractivity contribution is -0.131. The summed E-state index contributed by atoms with van der Waals surface area (Å²) in [6.07, 6.45) is 5.20. The second kappa shape index (κ2) is 9.34. The average molecular weight is 431 g/mol. The molecule has 140 valence electrons. The molecule has 27 heavy (non-hydrogen) atoms. The van der Waals surface area contributed by atoms with Crippen LogP contribution in [0.3, 0.4) is 0 Å². The zero-order chi connectivity index (χ0) is 19.1. The van der Waals surface area contributed by atoms with Crippen molar-refractivity contribution in [3.05, 3.63) is 76.3 Å². The van der Waals surface area contributed by atoms with E-state index in [1.54, 1.807) is 23.1 Å². The highest BCUT2D eigenvalue weighted by atomic mass is 79.9. The van der Waals surface area contributed by atoms with Gasteiger partial charge in [0.05, 0.1) is 13.2 Å². The van der Waals surface area contributed by atoms with Crippen LogP contribution in [0.4, 0.5) is 0 Å². The Kier molecular flexibility index (Phi) is 6.62. The van der Waals surface area contributed by atoms with Crippen molar-refractivity contribution >= 4 is 33.8 Å². The Bertz CT molecular complexity index is 852. The van der Waals surface area contributed by atoms with Crippen LogP contribution in [0, 0.1) is 0 Å². The van der Waals surface area contributed by atoms with Gasteiger partial charge in [0.15, 0.2) is 10.4 Å². The predicted octanol–water partition coefficient (Wildman–Crippen LogP) is 3.23. The van der Waals surface area contributed by atoms with Crippen LogP contribution in [0.5, 0.6) is 0 Å². The highest BCUT2D eigenvalue weighted by molar-refractivity contribution is 9.10. The molecule has 1 aliphatic heterocycles. The van der Waals surface area contributed by atoms with Crippen molar-refractivity contribution in [2.75, 3.05) is 26.3 Å². The predicted molar refractivity (Wildman–Crippen MR) is 105 cm³/mol. The molecule has 1 aromatic heterocycles.